The summed E-state index contributed by atoms with van der Waals surface area (Å²) >= 11 is 1.36. The van der Waals surface area contributed by atoms with E-state index < -0.39 is 11.7 Å². The van der Waals surface area contributed by atoms with Gasteiger partial charge >= 0.3 is 36.4 Å². The van der Waals surface area contributed by atoms with Crippen molar-refractivity contribution in [2.45, 2.75) is 32.9 Å². The molecule has 0 aliphatic carbocycles. The van der Waals surface area contributed by atoms with E-state index in [0.717, 1.165) is 16.7 Å². The fraction of sp³-hybridized carbons (Fsp3) is 0.135. The number of halogens is 5. The molecule has 0 nitrogen and oxygen atoms in total. The van der Waals surface area contributed by atoms with E-state index in [-0.39, 0.29) is 45.1 Å². The third-order valence-electron chi connectivity index (χ3n) is 6.95. The summed E-state index contributed by atoms with van der Waals surface area (Å²) < 4.78 is 39.2. The van der Waals surface area contributed by atoms with Crippen molar-refractivity contribution in [3.8, 4) is 22.3 Å². The summed E-state index contributed by atoms with van der Waals surface area (Å²) in [4.78, 5) is 0. The molecule has 7 heteroatoms. The number of rotatable bonds is 3. The third kappa shape index (κ3) is 9.54. The molecule has 6 aromatic rings. The zero-order chi connectivity index (χ0) is 28.9. The summed E-state index contributed by atoms with van der Waals surface area (Å²) in [5.74, 6) is 0.584. The fourth-order valence-corrected chi connectivity index (χ4v) is 5.02. The molecule has 6 aromatic carbocycles. The van der Waals surface area contributed by atoms with Crippen molar-refractivity contribution in [2.75, 3.05) is 0 Å². The van der Waals surface area contributed by atoms with Crippen LogP contribution in [-0.4, -0.2) is 6.88 Å². The number of hydrogen-bond donors (Lipinski definition) is 0. The number of aryl methyl sites for hydroxylation is 1. The summed E-state index contributed by atoms with van der Waals surface area (Å²) in [6, 6.07) is 37.4. The first-order chi connectivity index (χ1) is 19.2. The zero-order valence-electron chi connectivity index (χ0n) is 25.5. The van der Waals surface area contributed by atoms with Gasteiger partial charge in [-0.05, 0) is 22.6 Å². The van der Waals surface area contributed by atoms with Gasteiger partial charge in [0.2, 0.25) is 0 Å². The second kappa shape index (κ2) is 18.5. The van der Waals surface area contributed by atoms with Crippen molar-refractivity contribution < 1.29 is 36.5 Å². The van der Waals surface area contributed by atoms with Gasteiger partial charge in [0.1, 0.15) is 0 Å². The maximum absolute atomic E-state index is 13.1. The van der Waals surface area contributed by atoms with Crippen molar-refractivity contribution in [1.29, 1.82) is 0 Å². The first-order valence-electron chi connectivity index (χ1n) is 13.0. The number of benzene rings is 4. The van der Waals surface area contributed by atoms with Gasteiger partial charge in [0, 0.05) is 0 Å². The van der Waals surface area contributed by atoms with E-state index >= 15 is 0 Å². The van der Waals surface area contributed by atoms with Crippen molar-refractivity contribution >= 4 is 53.2 Å². The van der Waals surface area contributed by atoms with Gasteiger partial charge in [0.25, 0.3) is 0 Å². The molecule has 0 fully saturated rings. The average molecular weight is 729 g/mol. The van der Waals surface area contributed by atoms with Crippen LogP contribution in [0.2, 0.25) is 0 Å². The normalized spacial score (nSPS) is 10.1. The standard InChI is InChI=1S/C18H17.C17H12F3.2CH3.2ClH.Si.Zr/c1-13(2)16-11-15-9-6-10-17(18(15)12-16)14-7-4-3-5-8-14;1-11-9-14-13(12-5-3-2-4-6-12)7-8-16(15(14)10-11)17(18,19)20;;;;;;/h3-13H,1-2H3;2-10H,1H3;2*1H3;2*1H;;/q4*-1;;;;. The Morgan fingerprint density at radius 1 is 0.659 bits per heavy atom. The monoisotopic (exact) mass is 726 g/mol. The molecule has 6 rings (SSSR count). The number of hydrogen-bond acceptors (Lipinski definition) is 0. The molecular formula is C37H37Cl2F3SiZr-4. The van der Waals surface area contributed by atoms with E-state index in [4.69, 9.17) is 0 Å². The summed E-state index contributed by atoms with van der Waals surface area (Å²) in [6.45, 7) is 9.37. The van der Waals surface area contributed by atoms with Gasteiger partial charge in [0.05, 0.1) is 0 Å². The van der Waals surface area contributed by atoms with Gasteiger partial charge in [-0.3, -0.25) is 0 Å². The van der Waals surface area contributed by atoms with E-state index in [1.165, 1.54) is 56.9 Å². The van der Waals surface area contributed by atoms with Crippen LogP contribution in [0.4, 0.5) is 13.2 Å². The second-order valence-corrected chi connectivity index (χ2v) is 10.0. The van der Waals surface area contributed by atoms with Crippen molar-refractivity contribution in [2.24, 2.45) is 0 Å². The maximum atomic E-state index is 13.1. The van der Waals surface area contributed by atoms with Crippen LogP contribution in [-0.2, 0) is 29.5 Å². The van der Waals surface area contributed by atoms with Crippen LogP contribution in [0.15, 0.2) is 115 Å². The Hall–Kier alpha value is -2.43. The van der Waals surface area contributed by atoms with Crippen LogP contribution in [0.3, 0.4) is 0 Å². The number of fused-ring (bicyclic) bond motifs is 2. The molecule has 0 aromatic heterocycles. The first-order valence-corrected chi connectivity index (χ1v) is 17.2. The molecular weight excluding hydrogens is 692 g/mol. The summed E-state index contributed by atoms with van der Waals surface area (Å²) in [5.41, 5.74) is 6.09. The van der Waals surface area contributed by atoms with Crippen LogP contribution >= 0.6 is 24.8 Å². The average Bonchev–Trinajstić information content (AvgIpc) is 3.58. The van der Waals surface area contributed by atoms with E-state index in [2.05, 4.69) is 81.4 Å². The van der Waals surface area contributed by atoms with Crippen molar-refractivity contribution in [1.82, 2.24) is 0 Å². The second-order valence-electron chi connectivity index (χ2n) is 10.0. The molecule has 2 radical (unpaired) electrons. The van der Waals surface area contributed by atoms with E-state index in [1.807, 2.05) is 43.3 Å². The molecule has 0 N–H and O–H groups in total. The van der Waals surface area contributed by atoms with E-state index in [0.29, 0.717) is 11.3 Å². The Labute approximate surface area is 289 Å². The first kappa shape index (κ1) is 41.6. The Morgan fingerprint density at radius 3 is 1.68 bits per heavy atom. The van der Waals surface area contributed by atoms with E-state index in [1.54, 1.807) is 12.1 Å². The van der Waals surface area contributed by atoms with Gasteiger partial charge in [-0.25, -0.2) is 0 Å². The molecule has 0 saturated carbocycles. The van der Waals surface area contributed by atoms with E-state index in [9.17, 15) is 13.2 Å². The predicted molar refractivity (Wildman–Crippen MR) is 187 cm³/mol. The van der Waals surface area contributed by atoms with Gasteiger partial charge < -0.3 is 14.9 Å². The topological polar surface area (TPSA) is 0 Å². The third-order valence-corrected chi connectivity index (χ3v) is 6.95. The molecule has 0 atom stereocenters. The molecule has 0 saturated heterocycles. The summed E-state index contributed by atoms with van der Waals surface area (Å²) in [5, 5.41) is 3.65. The predicted octanol–water partition coefficient (Wildman–Crippen LogP) is 12.3. The summed E-state index contributed by atoms with van der Waals surface area (Å²) in [6.07, 6.45) is -4.33. The SMILES string of the molecule is CC(C)c1cc2c(-c3ccccc3)cccc2[cH-]1.Cc1cc2c(-c3ccccc3)ccc(C(F)(F)F)c2[cH-]1.Cl.Cl.[CH3-].[CH3-].[Si]=[Zr]. The van der Waals surface area contributed by atoms with Crippen molar-refractivity contribution in [3.05, 3.63) is 147 Å². The van der Waals surface area contributed by atoms with Gasteiger partial charge in [0.15, 0.2) is 0 Å². The van der Waals surface area contributed by atoms with Crippen LogP contribution in [0, 0.1) is 21.8 Å². The van der Waals surface area contributed by atoms with Crippen LogP contribution in [0.25, 0.3) is 43.8 Å². The quantitative estimate of drug-likeness (QED) is 0.126. The molecule has 0 aliphatic heterocycles. The molecule has 232 valence electrons. The molecule has 0 aliphatic rings. The Morgan fingerprint density at radius 2 is 1.18 bits per heavy atom. The minimum absolute atomic E-state index is 0. The van der Waals surface area contributed by atoms with Gasteiger partial charge in [-0.2, -0.15) is 25.3 Å². The van der Waals surface area contributed by atoms with Crippen LogP contribution in [0.5, 0.6) is 0 Å². The molecule has 0 unspecified atom stereocenters. The molecule has 0 bridgehead atoms. The van der Waals surface area contributed by atoms with Crippen LogP contribution in [0.1, 0.15) is 36.5 Å². The minimum atomic E-state index is -4.33. The number of alkyl halides is 3. The Balaban J connectivity index is 0.000000735. The Bertz CT molecular complexity index is 1710. The fourth-order valence-electron chi connectivity index (χ4n) is 5.02. The molecule has 0 spiro atoms. The molecule has 0 heterocycles. The van der Waals surface area contributed by atoms with Gasteiger partial charge in [-0.15, -0.1) is 81.8 Å². The van der Waals surface area contributed by atoms with Crippen LogP contribution < -0.4 is 0 Å². The summed E-state index contributed by atoms with van der Waals surface area (Å²) in [7, 11) is 0. The zero-order valence-corrected chi connectivity index (χ0v) is 30.6. The van der Waals surface area contributed by atoms with Crippen molar-refractivity contribution in [3.63, 3.8) is 0 Å². The van der Waals surface area contributed by atoms with Gasteiger partial charge in [-0.1, -0.05) is 111 Å². The molecule has 0 amide bonds. The Kier molecular flexibility index (Phi) is 17.5. The molecule has 44 heavy (non-hydrogen) atoms.